The van der Waals surface area contributed by atoms with Crippen LogP contribution in [0.15, 0.2) is 79.9 Å². The van der Waals surface area contributed by atoms with Crippen molar-refractivity contribution in [1.82, 2.24) is 20.5 Å². The van der Waals surface area contributed by atoms with E-state index in [1.165, 1.54) is 4.90 Å². The highest BCUT2D eigenvalue weighted by Crippen LogP contribution is 2.46. The summed E-state index contributed by atoms with van der Waals surface area (Å²) in [4.78, 5) is 46.6. The molecule has 46 heavy (non-hydrogen) atoms. The summed E-state index contributed by atoms with van der Waals surface area (Å²) in [5.41, 5.74) is 1.16. The molecule has 2 aliphatic rings. The number of rotatable bonds is 14. The summed E-state index contributed by atoms with van der Waals surface area (Å²) >= 11 is 0. The van der Waals surface area contributed by atoms with Crippen LogP contribution in [-0.4, -0.2) is 72.3 Å². The van der Waals surface area contributed by atoms with Gasteiger partial charge in [-0.15, -0.1) is 13.2 Å². The van der Waals surface area contributed by atoms with Crippen LogP contribution in [0.3, 0.4) is 0 Å². The molecule has 2 fully saturated rings. The van der Waals surface area contributed by atoms with Crippen molar-refractivity contribution >= 4 is 28.8 Å². The number of hydrogen-bond donors (Lipinski definition) is 2. The average Bonchev–Trinajstić information content (AvgIpc) is 3.63. The molecule has 242 valence electrons. The number of unbranched alkanes of at least 4 members (excludes halogenated alkanes) is 2. The SMILES string of the molecule is C=CCCCCNC(=O)N1C[C@H](Oc2cc(-c3ccccc3)nc3cc(OC)ccc23)C[C@H]1C(=O)N[C@]1(C(=O)OCC)C[C@H]1C=C. The zero-order valence-electron chi connectivity index (χ0n) is 26.5. The molecule has 4 atom stereocenters. The first kappa shape index (κ1) is 32.5. The number of hydrogen-bond acceptors (Lipinski definition) is 7. The number of nitrogens with one attached hydrogen (secondary N) is 2. The first-order valence-electron chi connectivity index (χ1n) is 15.8. The van der Waals surface area contributed by atoms with Crippen LogP contribution in [0.2, 0.25) is 0 Å². The topological polar surface area (TPSA) is 119 Å². The molecular formula is C36H42N4O6. The van der Waals surface area contributed by atoms with E-state index in [1.54, 1.807) is 20.1 Å². The van der Waals surface area contributed by atoms with E-state index < -0.39 is 29.6 Å². The molecule has 1 aliphatic heterocycles. The number of pyridine rings is 1. The van der Waals surface area contributed by atoms with Crippen LogP contribution in [0, 0.1) is 5.92 Å². The summed E-state index contributed by atoms with van der Waals surface area (Å²) in [7, 11) is 1.60. The van der Waals surface area contributed by atoms with Crippen LogP contribution in [0.25, 0.3) is 22.2 Å². The molecular weight excluding hydrogens is 584 g/mol. The van der Waals surface area contributed by atoms with E-state index in [0.717, 1.165) is 35.9 Å². The third kappa shape index (κ3) is 7.01. The minimum Gasteiger partial charge on any atom is -0.497 e. The third-order valence-electron chi connectivity index (χ3n) is 8.56. The molecule has 2 N–H and O–H groups in total. The zero-order valence-corrected chi connectivity index (χ0v) is 26.5. The van der Waals surface area contributed by atoms with E-state index in [1.807, 2.05) is 60.7 Å². The minimum absolute atomic E-state index is 0.175. The van der Waals surface area contributed by atoms with E-state index in [0.29, 0.717) is 30.0 Å². The number of methoxy groups -OCH3 is 1. The Morgan fingerprint density at radius 1 is 1.11 bits per heavy atom. The van der Waals surface area contributed by atoms with E-state index in [-0.39, 0.29) is 31.5 Å². The van der Waals surface area contributed by atoms with Crippen molar-refractivity contribution < 1.29 is 28.6 Å². The fraction of sp³-hybridized carbons (Fsp3) is 0.389. The lowest BCUT2D eigenvalue weighted by atomic mass is 10.1. The fourth-order valence-electron chi connectivity index (χ4n) is 5.97. The summed E-state index contributed by atoms with van der Waals surface area (Å²) in [6, 6.07) is 16.0. The Morgan fingerprint density at radius 2 is 1.91 bits per heavy atom. The number of allylic oxidation sites excluding steroid dienone is 1. The lowest BCUT2D eigenvalue weighted by Crippen LogP contribution is -2.54. The first-order chi connectivity index (χ1) is 22.3. The summed E-state index contributed by atoms with van der Waals surface area (Å²) in [6.45, 7) is 10.1. The number of likely N-dealkylation sites (tertiary alicyclic amines) is 1. The van der Waals surface area contributed by atoms with Gasteiger partial charge < -0.3 is 29.7 Å². The van der Waals surface area contributed by atoms with Gasteiger partial charge >= 0.3 is 12.0 Å². The van der Waals surface area contributed by atoms with Gasteiger partial charge in [-0.25, -0.2) is 14.6 Å². The van der Waals surface area contributed by atoms with Crippen LogP contribution in [-0.2, 0) is 14.3 Å². The number of nitrogens with zero attached hydrogens (tertiary/aromatic N) is 2. The lowest BCUT2D eigenvalue weighted by molar-refractivity contribution is -0.149. The van der Waals surface area contributed by atoms with Crippen molar-refractivity contribution in [1.29, 1.82) is 0 Å². The summed E-state index contributed by atoms with van der Waals surface area (Å²) in [6.07, 6.45) is 6.16. The Balaban J connectivity index is 1.42. The van der Waals surface area contributed by atoms with Crippen molar-refractivity contribution in [2.24, 2.45) is 5.92 Å². The molecule has 3 amide bonds. The molecule has 0 spiro atoms. The number of esters is 1. The van der Waals surface area contributed by atoms with Gasteiger partial charge in [-0.1, -0.05) is 42.5 Å². The van der Waals surface area contributed by atoms with Crippen LogP contribution in [0.5, 0.6) is 11.5 Å². The quantitative estimate of drug-likeness (QED) is 0.139. The molecule has 3 aromatic rings. The van der Waals surface area contributed by atoms with Crippen molar-refractivity contribution in [2.45, 2.75) is 56.7 Å². The lowest BCUT2D eigenvalue weighted by Gasteiger charge is -2.26. The molecule has 1 saturated carbocycles. The molecule has 10 nitrogen and oxygen atoms in total. The Morgan fingerprint density at radius 3 is 2.61 bits per heavy atom. The standard InChI is InChI=1S/C36H42N4O6/c1-5-8-9-13-18-37-35(43)40-23-27(20-31(40)33(41)39-36(22-25(36)6-2)34(42)45-7-3)46-32-21-29(24-14-11-10-12-15-24)38-30-19-26(44-4)16-17-28(30)32/h5-6,10-12,14-17,19,21,25,27,31H,1-2,7-9,13,18,20,22-23H2,3-4H3,(H,37,43)(H,39,41)/t25-,27-,31+,36-/m1/s1. The number of urea groups is 1. The largest absolute Gasteiger partial charge is 0.497 e. The molecule has 0 bridgehead atoms. The molecule has 2 heterocycles. The monoisotopic (exact) mass is 626 g/mol. The summed E-state index contributed by atoms with van der Waals surface area (Å²) in [5, 5.41) is 6.65. The van der Waals surface area contributed by atoms with Crippen molar-refractivity contribution in [3.63, 3.8) is 0 Å². The normalized spacial score (nSPS) is 21.7. The van der Waals surface area contributed by atoms with Crippen molar-refractivity contribution in [3.05, 3.63) is 79.9 Å². The number of carbonyl (C=O) groups excluding carboxylic acids is 3. The van der Waals surface area contributed by atoms with Gasteiger partial charge in [0.2, 0.25) is 5.91 Å². The van der Waals surface area contributed by atoms with E-state index in [9.17, 15) is 14.4 Å². The Labute approximate surface area is 269 Å². The molecule has 2 aromatic carbocycles. The Bertz CT molecular complexity index is 1590. The number of fused-ring (bicyclic) bond motifs is 1. The van der Waals surface area contributed by atoms with Gasteiger partial charge in [-0.05, 0) is 44.7 Å². The second-order valence-electron chi connectivity index (χ2n) is 11.6. The zero-order chi connectivity index (χ0) is 32.7. The second-order valence-corrected chi connectivity index (χ2v) is 11.6. The number of amides is 3. The molecule has 1 saturated heterocycles. The highest BCUT2D eigenvalue weighted by molar-refractivity contribution is 5.95. The molecule has 1 aliphatic carbocycles. The number of aromatic nitrogens is 1. The predicted octanol–water partition coefficient (Wildman–Crippen LogP) is 5.42. The molecule has 1 aromatic heterocycles. The van der Waals surface area contributed by atoms with Crippen molar-refractivity contribution in [2.75, 3.05) is 26.8 Å². The Kier molecular flexibility index (Phi) is 10.2. The van der Waals surface area contributed by atoms with E-state index in [2.05, 4.69) is 23.8 Å². The van der Waals surface area contributed by atoms with Crippen LogP contribution in [0.4, 0.5) is 4.79 Å². The Hall–Kier alpha value is -4.86. The van der Waals surface area contributed by atoms with E-state index >= 15 is 0 Å². The molecule has 0 unspecified atom stereocenters. The maximum atomic E-state index is 13.9. The van der Waals surface area contributed by atoms with Crippen LogP contribution >= 0.6 is 0 Å². The minimum atomic E-state index is -1.18. The smallest absolute Gasteiger partial charge is 0.332 e. The van der Waals surface area contributed by atoms with Crippen LogP contribution in [0.1, 0.15) is 39.0 Å². The number of benzene rings is 2. The maximum Gasteiger partial charge on any atom is 0.332 e. The van der Waals surface area contributed by atoms with Gasteiger partial charge in [0.1, 0.15) is 29.2 Å². The van der Waals surface area contributed by atoms with Gasteiger partial charge in [0.05, 0.1) is 31.5 Å². The predicted molar refractivity (Wildman–Crippen MR) is 177 cm³/mol. The van der Waals surface area contributed by atoms with Crippen LogP contribution < -0.4 is 20.1 Å². The van der Waals surface area contributed by atoms with Gasteiger partial charge in [0, 0.05) is 42.0 Å². The summed E-state index contributed by atoms with van der Waals surface area (Å²) in [5.74, 6) is 0.0778. The molecule has 0 radical (unpaired) electrons. The van der Waals surface area contributed by atoms with E-state index in [4.69, 9.17) is 19.2 Å². The third-order valence-corrected chi connectivity index (χ3v) is 8.56. The van der Waals surface area contributed by atoms with Gasteiger partial charge in [0.25, 0.3) is 0 Å². The van der Waals surface area contributed by atoms with Crippen molar-refractivity contribution in [3.8, 4) is 22.8 Å². The molecule has 5 rings (SSSR count). The maximum absolute atomic E-state index is 13.9. The van der Waals surface area contributed by atoms with Gasteiger partial charge in [-0.2, -0.15) is 0 Å². The number of ether oxygens (including phenoxy) is 3. The highest BCUT2D eigenvalue weighted by Gasteiger charge is 2.62. The number of carbonyl (C=O) groups is 3. The summed E-state index contributed by atoms with van der Waals surface area (Å²) < 4.78 is 17.4. The fourth-order valence-corrected chi connectivity index (χ4v) is 5.97. The van der Waals surface area contributed by atoms with Gasteiger partial charge in [0.15, 0.2) is 0 Å². The second kappa shape index (κ2) is 14.5. The highest BCUT2D eigenvalue weighted by atomic mass is 16.5. The average molecular weight is 627 g/mol. The molecule has 10 heteroatoms. The first-order valence-corrected chi connectivity index (χ1v) is 15.8. The van der Waals surface area contributed by atoms with Gasteiger partial charge in [-0.3, -0.25) is 4.79 Å².